The Morgan fingerprint density at radius 1 is 1.41 bits per heavy atom. The molecule has 7 heteroatoms. The van der Waals surface area contributed by atoms with Gasteiger partial charge in [-0.1, -0.05) is 11.6 Å². The van der Waals surface area contributed by atoms with Gasteiger partial charge >= 0.3 is 0 Å². The molecule has 1 atom stereocenters. The lowest BCUT2D eigenvalue weighted by Crippen LogP contribution is -2.31. The summed E-state index contributed by atoms with van der Waals surface area (Å²) in [6.07, 6.45) is 1.53. The van der Waals surface area contributed by atoms with Gasteiger partial charge in [0, 0.05) is 5.02 Å². The summed E-state index contributed by atoms with van der Waals surface area (Å²) < 4.78 is 10.5. The number of nitrogens with one attached hydrogen (secondary N) is 1. The van der Waals surface area contributed by atoms with E-state index in [1.807, 2.05) is 0 Å². The number of amides is 2. The molecule has 0 radical (unpaired) electrons. The molecule has 0 aliphatic carbocycles. The first kappa shape index (κ1) is 15.9. The summed E-state index contributed by atoms with van der Waals surface area (Å²) >= 11 is 5.80. The standard InChI is InChI=1S/C15H15ClN2O4/c1-9(12-3-2-6-21-12)18-14(19)8-22-13-5-4-10(16)7-11(13)15(17)20/h2-7,9H,8H2,1H3,(H2,17,20)(H,18,19)/t9-/m1/s1. The van der Waals surface area contributed by atoms with Crippen molar-refractivity contribution in [3.8, 4) is 5.75 Å². The second-order valence-electron chi connectivity index (χ2n) is 4.60. The smallest absolute Gasteiger partial charge is 0.258 e. The van der Waals surface area contributed by atoms with Crippen molar-refractivity contribution in [2.45, 2.75) is 13.0 Å². The van der Waals surface area contributed by atoms with Gasteiger partial charge in [0.25, 0.3) is 11.8 Å². The fraction of sp³-hybridized carbons (Fsp3) is 0.200. The van der Waals surface area contributed by atoms with Gasteiger partial charge < -0.3 is 20.2 Å². The molecule has 116 valence electrons. The average molecular weight is 323 g/mol. The highest BCUT2D eigenvalue weighted by Crippen LogP contribution is 2.22. The molecule has 0 fully saturated rings. The molecule has 0 aliphatic heterocycles. The average Bonchev–Trinajstić information content (AvgIpc) is 3.00. The molecule has 1 aromatic carbocycles. The van der Waals surface area contributed by atoms with Crippen molar-refractivity contribution in [1.82, 2.24) is 5.32 Å². The summed E-state index contributed by atoms with van der Waals surface area (Å²) in [4.78, 5) is 23.2. The number of carbonyl (C=O) groups excluding carboxylic acids is 2. The van der Waals surface area contributed by atoms with Crippen molar-refractivity contribution in [3.63, 3.8) is 0 Å². The van der Waals surface area contributed by atoms with Crippen molar-refractivity contribution in [3.05, 3.63) is 52.9 Å². The van der Waals surface area contributed by atoms with Crippen LogP contribution < -0.4 is 15.8 Å². The first-order valence-electron chi connectivity index (χ1n) is 6.52. The first-order valence-corrected chi connectivity index (χ1v) is 6.90. The van der Waals surface area contributed by atoms with Crippen LogP contribution in [0.3, 0.4) is 0 Å². The van der Waals surface area contributed by atoms with E-state index in [0.29, 0.717) is 10.8 Å². The van der Waals surface area contributed by atoms with E-state index in [0.717, 1.165) is 0 Å². The van der Waals surface area contributed by atoms with Crippen molar-refractivity contribution < 1.29 is 18.7 Å². The number of ether oxygens (including phenoxy) is 1. The molecule has 1 heterocycles. The maximum atomic E-state index is 11.9. The molecule has 0 saturated heterocycles. The minimum atomic E-state index is -0.679. The highest BCUT2D eigenvalue weighted by atomic mass is 35.5. The second kappa shape index (κ2) is 7.00. The fourth-order valence-corrected chi connectivity index (χ4v) is 2.03. The van der Waals surface area contributed by atoms with Crippen LogP contribution in [0.1, 0.15) is 29.1 Å². The SMILES string of the molecule is C[C@@H](NC(=O)COc1ccc(Cl)cc1C(N)=O)c1ccco1. The molecular formula is C15H15ClN2O4. The van der Waals surface area contributed by atoms with Gasteiger partial charge in [0.1, 0.15) is 11.5 Å². The molecule has 0 bridgehead atoms. The van der Waals surface area contributed by atoms with Gasteiger partial charge in [-0.2, -0.15) is 0 Å². The van der Waals surface area contributed by atoms with Gasteiger partial charge in [0.2, 0.25) is 0 Å². The lowest BCUT2D eigenvalue weighted by Gasteiger charge is -2.13. The van der Waals surface area contributed by atoms with Gasteiger partial charge in [-0.3, -0.25) is 9.59 Å². The summed E-state index contributed by atoms with van der Waals surface area (Å²) in [7, 11) is 0. The van der Waals surface area contributed by atoms with Crippen LogP contribution >= 0.6 is 11.6 Å². The van der Waals surface area contributed by atoms with Crippen LogP contribution in [0.4, 0.5) is 0 Å². The third kappa shape index (κ3) is 4.02. The minimum Gasteiger partial charge on any atom is -0.483 e. The van der Waals surface area contributed by atoms with Crippen LogP contribution in [0, 0.1) is 0 Å². The van der Waals surface area contributed by atoms with E-state index in [9.17, 15) is 9.59 Å². The predicted octanol–water partition coefficient (Wildman–Crippen LogP) is 2.29. The third-order valence-corrected chi connectivity index (χ3v) is 3.15. The van der Waals surface area contributed by atoms with Crippen LogP contribution in [0.5, 0.6) is 5.75 Å². The third-order valence-electron chi connectivity index (χ3n) is 2.91. The van der Waals surface area contributed by atoms with Gasteiger partial charge in [0.15, 0.2) is 6.61 Å². The molecule has 1 aromatic heterocycles. The number of halogens is 1. The van der Waals surface area contributed by atoms with Gasteiger partial charge in [-0.25, -0.2) is 0 Å². The molecule has 0 saturated carbocycles. The Labute approximate surface area is 132 Å². The lowest BCUT2D eigenvalue weighted by atomic mass is 10.2. The quantitative estimate of drug-likeness (QED) is 0.853. The lowest BCUT2D eigenvalue weighted by molar-refractivity contribution is -0.123. The molecular weight excluding hydrogens is 308 g/mol. The van der Waals surface area contributed by atoms with E-state index in [4.69, 9.17) is 26.5 Å². The molecule has 3 N–H and O–H groups in total. The van der Waals surface area contributed by atoms with Crippen LogP contribution in [0.2, 0.25) is 5.02 Å². The van der Waals surface area contributed by atoms with E-state index in [1.165, 1.54) is 18.4 Å². The molecule has 2 aromatic rings. The Balaban J connectivity index is 1.95. The molecule has 2 rings (SSSR count). The Bertz CT molecular complexity index is 670. The largest absolute Gasteiger partial charge is 0.483 e. The normalized spacial score (nSPS) is 11.7. The Morgan fingerprint density at radius 3 is 2.82 bits per heavy atom. The van der Waals surface area contributed by atoms with E-state index in [-0.39, 0.29) is 29.9 Å². The number of carbonyl (C=O) groups is 2. The highest BCUT2D eigenvalue weighted by Gasteiger charge is 2.14. The Kier molecular flexibility index (Phi) is 5.06. The number of hydrogen-bond donors (Lipinski definition) is 2. The fourth-order valence-electron chi connectivity index (χ4n) is 1.86. The Morgan fingerprint density at radius 2 is 2.18 bits per heavy atom. The molecule has 2 amide bonds. The molecule has 22 heavy (non-hydrogen) atoms. The maximum Gasteiger partial charge on any atom is 0.258 e. The van der Waals surface area contributed by atoms with Crippen molar-refractivity contribution in [1.29, 1.82) is 0 Å². The zero-order valence-corrected chi connectivity index (χ0v) is 12.6. The van der Waals surface area contributed by atoms with Crippen molar-refractivity contribution in [2.75, 3.05) is 6.61 Å². The molecule has 0 aliphatic rings. The summed E-state index contributed by atoms with van der Waals surface area (Å²) in [5, 5.41) is 3.07. The van der Waals surface area contributed by atoms with Crippen LogP contribution in [-0.4, -0.2) is 18.4 Å². The monoisotopic (exact) mass is 322 g/mol. The second-order valence-corrected chi connectivity index (χ2v) is 5.03. The van der Waals surface area contributed by atoms with E-state index < -0.39 is 5.91 Å². The zero-order valence-electron chi connectivity index (χ0n) is 11.8. The number of rotatable bonds is 6. The van der Waals surface area contributed by atoms with Crippen LogP contribution in [0.15, 0.2) is 41.0 Å². The van der Waals surface area contributed by atoms with Crippen LogP contribution in [0.25, 0.3) is 0 Å². The summed E-state index contributed by atoms with van der Waals surface area (Å²) in [5.41, 5.74) is 5.37. The number of primary amides is 1. The van der Waals surface area contributed by atoms with E-state index >= 15 is 0 Å². The van der Waals surface area contributed by atoms with E-state index in [2.05, 4.69) is 5.32 Å². The van der Waals surface area contributed by atoms with Crippen LogP contribution in [-0.2, 0) is 4.79 Å². The van der Waals surface area contributed by atoms with Gasteiger partial charge in [-0.05, 0) is 37.3 Å². The summed E-state index contributed by atoms with van der Waals surface area (Å²) in [5.74, 6) is -0.188. The van der Waals surface area contributed by atoms with Crippen molar-refractivity contribution >= 4 is 23.4 Å². The number of nitrogens with two attached hydrogens (primary N) is 1. The number of hydrogen-bond acceptors (Lipinski definition) is 4. The maximum absolute atomic E-state index is 11.9. The number of furan rings is 1. The zero-order chi connectivity index (χ0) is 16.1. The Hall–Kier alpha value is -2.47. The molecule has 0 spiro atoms. The minimum absolute atomic E-state index is 0.124. The van der Waals surface area contributed by atoms with Gasteiger partial charge in [0.05, 0.1) is 17.9 Å². The summed E-state index contributed by atoms with van der Waals surface area (Å²) in [6.45, 7) is 1.53. The first-order chi connectivity index (χ1) is 10.5. The van der Waals surface area contributed by atoms with Crippen molar-refractivity contribution in [2.24, 2.45) is 5.73 Å². The molecule has 6 nitrogen and oxygen atoms in total. The number of benzene rings is 1. The summed E-state index contributed by atoms with van der Waals surface area (Å²) in [6, 6.07) is 7.64. The topological polar surface area (TPSA) is 94.6 Å². The van der Waals surface area contributed by atoms with Gasteiger partial charge in [-0.15, -0.1) is 0 Å². The molecule has 0 unspecified atom stereocenters. The van der Waals surface area contributed by atoms with E-state index in [1.54, 1.807) is 25.1 Å². The predicted molar refractivity (Wildman–Crippen MR) is 80.7 cm³/mol. The highest BCUT2D eigenvalue weighted by molar-refractivity contribution is 6.31.